The summed E-state index contributed by atoms with van der Waals surface area (Å²) < 4.78 is 14.2. The van der Waals surface area contributed by atoms with Gasteiger partial charge in [-0.15, -0.1) is 24.8 Å². The lowest BCUT2D eigenvalue weighted by atomic mass is 10.1. The van der Waals surface area contributed by atoms with E-state index < -0.39 is 0 Å². The van der Waals surface area contributed by atoms with E-state index >= 15 is 0 Å². The predicted octanol–water partition coefficient (Wildman–Crippen LogP) is 3.43. The summed E-state index contributed by atoms with van der Waals surface area (Å²) in [5.41, 5.74) is 6.34. The fraction of sp³-hybridized carbons (Fsp3) is 0.579. The normalized spacial score (nSPS) is 13.6. The van der Waals surface area contributed by atoms with Crippen LogP contribution in [0.25, 0.3) is 0 Å². The highest BCUT2D eigenvalue weighted by Crippen LogP contribution is 2.22. The monoisotopic (exact) mass is 421 g/mol. The van der Waals surface area contributed by atoms with Gasteiger partial charge in [-0.1, -0.05) is 12.8 Å². The van der Waals surface area contributed by atoms with Gasteiger partial charge in [-0.3, -0.25) is 9.59 Å². The summed E-state index contributed by atoms with van der Waals surface area (Å²) in [4.78, 5) is 27.3. The zero-order valence-corrected chi connectivity index (χ0v) is 17.4. The molecule has 1 aromatic rings. The number of halogens is 3. The van der Waals surface area contributed by atoms with Crippen molar-refractivity contribution in [2.45, 2.75) is 39.0 Å². The van der Waals surface area contributed by atoms with Crippen molar-refractivity contribution in [3.05, 3.63) is 29.6 Å². The molecular weight excluding hydrogens is 392 g/mol. The predicted molar refractivity (Wildman–Crippen MR) is 112 cm³/mol. The minimum Gasteiger partial charge on any atom is -0.366 e. The molecule has 0 radical (unpaired) electrons. The molecule has 1 fully saturated rings. The quantitative estimate of drug-likeness (QED) is 0.515. The zero-order chi connectivity index (χ0) is 18.2. The highest BCUT2D eigenvalue weighted by atomic mass is 35.5. The van der Waals surface area contributed by atoms with Crippen LogP contribution in [0.1, 0.15) is 49.4 Å². The number of carbonyl (C=O) groups excluding carboxylic acids is 2. The molecule has 0 bridgehead atoms. The van der Waals surface area contributed by atoms with Crippen LogP contribution in [0.2, 0.25) is 0 Å². The molecule has 5 nitrogen and oxygen atoms in total. The third kappa shape index (κ3) is 7.64. The number of hydrogen-bond acceptors (Lipinski definition) is 4. The summed E-state index contributed by atoms with van der Waals surface area (Å²) in [7, 11) is 0. The van der Waals surface area contributed by atoms with Gasteiger partial charge in [0.1, 0.15) is 5.82 Å². The molecule has 0 spiro atoms. The Balaban J connectivity index is 0.00000338. The van der Waals surface area contributed by atoms with Crippen LogP contribution < -0.4 is 10.6 Å². The Morgan fingerprint density at radius 3 is 2.22 bits per heavy atom. The maximum Gasteiger partial charge on any atom is 0.222 e. The number of nitrogens with two attached hydrogens (primary N) is 1. The third-order valence-electron chi connectivity index (χ3n) is 4.67. The van der Waals surface area contributed by atoms with Gasteiger partial charge < -0.3 is 15.5 Å². The first-order valence-corrected chi connectivity index (χ1v) is 9.06. The molecule has 1 aliphatic heterocycles. The van der Waals surface area contributed by atoms with Crippen LogP contribution in [0, 0.1) is 5.82 Å². The van der Waals surface area contributed by atoms with Crippen molar-refractivity contribution in [2.75, 3.05) is 37.6 Å². The molecule has 27 heavy (non-hydrogen) atoms. The average Bonchev–Trinajstić information content (AvgIpc) is 2.61. The molecule has 154 valence electrons. The third-order valence-corrected chi connectivity index (χ3v) is 4.67. The number of hydrogen-bond donors (Lipinski definition) is 1. The number of benzene rings is 1. The Morgan fingerprint density at radius 1 is 1.04 bits per heavy atom. The van der Waals surface area contributed by atoms with Crippen molar-refractivity contribution >= 4 is 42.2 Å². The van der Waals surface area contributed by atoms with Crippen LogP contribution in [0.15, 0.2) is 18.2 Å². The molecule has 1 aliphatic rings. The van der Waals surface area contributed by atoms with Crippen LogP contribution >= 0.6 is 24.8 Å². The SMILES string of the molecule is CC(=O)c1ccc(N2CCN(C(=O)CCCCCCN)CC2)c(F)c1.Cl.Cl. The molecule has 8 heteroatoms. The van der Waals surface area contributed by atoms with E-state index in [1.165, 1.54) is 13.0 Å². The van der Waals surface area contributed by atoms with Crippen molar-refractivity contribution < 1.29 is 14.0 Å². The molecule has 1 aromatic carbocycles. The Bertz CT molecular complexity index is 609. The number of anilines is 1. The number of piperazine rings is 1. The number of Topliss-reactive ketones (excluding diaryl/α,β-unsaturated/α-hetero) is 1. The van der Waals surface area contributed by atoms with Gasteiger partial charge in [-0.25, -0.2) is 4.39 Å². The standard InChI is InChI=1S/C19H28FN3O2.2ClH/c1-15(24)16-7-8-18(17(20)14-16)22-10-12-23(13-11-22)19(25)6-4-2-3-5-9-21;;/h7-8,14H,2-6,9-13,21H2,1H3;2*1H. The molecule has 0 saturated carbocycles. The van der Waals surface area contributed by atoms with Crippen LogP contribution in [0.3, 0.4) is 0 Å². The molecule has 2 N–H and O–H groups in total. The van der Waals surface area contributed by atoms with E-state index in [0.29, 0.717) is 50.4 Å². The molecule has 0 atom stereocenters. The minimum absolute atomic E-state index is 0. The number of carbonyl (C=O) groups is 2. The van der Waals surface area contributed by atoms with Crippen molar-refractivity contribution in [1.29, 1.82) is 0 Å². The van der Waals surface area contributed by atoms with Gasteiger partial charge in [-0.05, 0) is 44.5 Å². The minimum atomic E-state index is -0.382. The first-order valence-electron chi connectivity index (χ1n) is 9.06. The van der Waals surface area contributed by atoms with Gasteiger partial charge in [0.2, 0.25) is 5.91 Å². The summed E-state index contributed by atoms with van der Waals surface area (Å²) in [6, 6.07) is 4.59. The lowest BCUT2D eigenvalue weighted by molar-refractivity contribution is -0.131. The Hall–Kier alpha value is -1.37. The lowest BCUT2D eigenvalue weighted by Crippen LogP contribution is -2.49. The highest BCUT2D eigenvalue weighted by Gasteiger charge is 2.22. The molecule has 0 aromatic heterocycles. The highest BCUT2D eigenvalue weighted by molar-refractivity contribution is 5.94. The van der Waals surface area contributed by atoms with Crippen molar-refractivity contribution in [3.8, 4) is 0 Å². The first kappa shape index (κ1) is 25.6. The molecule has 0 aliphatic carbocycles. The number of amides is 1. The summed E-state index contributed by atoms with van der Waals surface area (Å²) >= 11 is 0. The van der Waals surface area contributed by atoms with Gasteiger partial charge >= 0.3 is 0 Å². The van der Waals surface area contributed by atoms with E-state index in [9.17, 15) is 14.0 Å². The topological polar surface area (TPSA) is 66.6 Å². The van der Waals surface area contributed by atoms with E-state index in [0.717, 1.165) is 25.7 Å². The zero-order valence-electron chi connectivity index (χ0n) is 15.8. The lowest BCUT2D eigenvalue weighted by Gasteiger charge is -2.36. The Kier molecular flexibility index (Phi) is 12.3. The summed E-state index contributed by atoms with van der Waals surface area (Å²) in [5, 5.41) is 0. The van der Waals surface area contributed by atoms with Crippen LogP contribution in [-0.4, -0.2) is 49.3 Å². The second-order valence-electron chi connectivity index (χ2n) is 6.54. The average molecular weight is 422 g/mol. The molecule has 1 heterocycles. The summed E-state index contributed by atoms with van der Waals surface area (Å²) in [6.07, 6.45) is 4.61. The van der Waals surface area contributed by atoms with Crippen molar-refractivity contribution in [1.82, 2.24) is 4.90 Å². The fourth-order valence-corrected chi connectivity index (χ4v) is 3.11. The van der Waals surface area contributed by atoms with Gasteiger partial charge in [-0.2, -0.15) is 0 Å². The second-order valence-corrected chi connectivity index (χ2v) is 6.54. The molecule has 2 rings (SSSR count). The molecule has 1 saturated heterocycles. The van der Waals surface area contributed by atoms with Crippen LogP contribution in [0.4, 0.5) is 10.1 Å². The second kappa shape index (κ2) is 12.9. The van der Waals surface area contributed by atoms with Gasteiger partial charge in [0, 0.05) is 38.2 Å². The fourth-order valence-electron chi connectivity index (χ4n) is 3.11. The maximum absolute atomic E-state index is 14.2. The van der Waals surface area contributed by atoms with E-state index in [1.807, 2.05) is 9.80 Å². The van der Waals surface area contributed by atoms with Gasteiger partial charge in [0.05, 0.1) is 5.69 Å². The Labute approximate surface area is 173 Å². The Morgan fingerprint density at radius 2 is 1.67 bits per heavy atom. The largest absolute Gasteiger partial charge is 0.366 e. The maximum atomic E-state index is 14.2. The smallest absolute Gasteiger partial charge is 0.222 e. The van der Waals surface area contributed by atoms with E-state index in [2.05, 4.69) is 0 Å². The molecule has 0 unspecified atom stereocenters. The first-order chi connectivity index (χ1) is 12.0. The summed E-state index contributed by atoms with van der Waals surface area (Å²) in [5.74, 6) is -0.348. The molecular formula is C19H30Cl2FN3O2. The summed E-state index contributed by atoms with van der Waals surface area (Å²) in [6.45, 7) is 4.56. The van der Waals surface area contributed by atoms with E-state index in [4.69, 9.17) is 5.73 Å². The van der Waals surface area contributed by atoms with Crippen LogP contribution in [0.5, 0.6) is 0 Å². The van der Waals surface area contributed by atoms with Gasteiger partial charge in [0.25, 0.3) is 0 Å². The van der Waals surface area contributed by atoms with E-state index in [1.54, 1.807) is 12.1 Å². The van der Waals surface area contributed by atoms with Crippen LogP contribution in [-0.2, 0) is 4.79 Å². The van der Waals surface area contributed by atoms with Crippen molar-refractivity contribution in [2.24, 2.45) is 5.73 Å². The number of ketones is 1. The number of rotatable bonds is 8. The molecule has 1 amide bonds. The van der Waals surface area contributed by atoms with E-state index in [-0.39, 0.29) is 42.3 Å². The van der Waals surface area contributed by atoms with Crippen molar-refractivity contribution in [3.63, 3.8) is 0 Å². The number of nitrogens with zero attached hydrogens (tertiary/aromatic N) is 2. The number of unbranched alkanes of at least 4 members (excludes halogenated alkanes) is 3. The van der Waals surface area contributed by atoms with Gasteiger partial charge in [0.15, 0.2) is 5.78 Å².